The van der Waals surface area contributed by atoms with Gasteiger partial charge in [-0.1, -0.05) is 43.4 Å². The van der Waals surface area contributed by atoms with E-state index in [2.05, 4.69) is 21.2 Å². The van der Waals surface area contributed by atoms with Crippen molar-refractivity contribution in [1.29, 1.82) is 0 Å². The number of carbonyl (C=O) groups excluding carboxylic acids is 1. The molecule has 1 aliphatic carbocycles. The van der Waals surface area contributed by atoms with Crippen LogP contribution in [0.1, 0.15) is 48.9 Å². The molecule has 18 heavy (non-hydrogen) atoms. The molecule has 0 bridgehead atoms. The van der Waals surface area contributed by atoms with Gasteiger partial charge in [0.15, 0.2) is 0 Å². The molecule has 0 aromatic heterocycles. The number of amides is 1. The molecule has 0 spiro atoms. The molecule has 0 radical (unpaired) electrons. The highest BCUT2D eigenvalue weighted by Crippen LogP contribution is 2.26. The second-order valence-corrected chi connectivity index (χ2v) is 6.00. The van der Waals surface area contributed by atoms with Crippen molar-refractivity contribution in [2.24, 2.45) is 0 Å². The first-order chi connectivity index (χ1) is 8.68. The van der Waals surface area contributed by atoms with Crippen molar-refractivity contribution in [2.45, 2.75) is 44.6 Å². The highest BCUT2D eigenvalue weighted by atomic mass is 79.9. The summed E-state index contributed by atoms with van der Waals surface area (Å²) in [5, 5.41) is 3.59. The summed E-state index contributed by atoms with van der Waals surface area (Å²) >= 11 is 9.47. The maximum Gasteiger partial charge on any atom is 0.253 e. The maximum absolute atomic E-state index is 12.2. The SMILES string of the molecule is O=C(NC1CCCCCC1)c1cccc(Br)c1Cl. The lowest BCUT2D eigenvalue weighted by molar-refractivity contribution is 0.0933. The third-order valence-electron chi connectivity index (χ3n) is 3.39. The average molecular weight is 331 g/mol. The number of nitrogens with one attached hydrogen (secondary N) is 1. The third-order valence-corrected chi connectivity index (χ3v) is 4.68. The van der Waals surface area contributed by atoms with E-state index >= 15 is 0 Å². The Morgan fingerprint density at radius 2 is 1.89 bits per heavy atom. The van der Waals surface area contributed by atoms with E-state index in [-0.39, 0.29) is 5.91 Å². The summed E-state index contributed by atoms with van der Waals surface area (Å²) in [6.07, 6.45) is 7.14. The van der Waals surface area contributed by atoms with Crippen LogP contribution in [0.4, 0.5) is 0 Å². The summed E-state index contributed by atoms with van der Waals surface area (Å²) in [4.78, 5) is 12.2. The van der Waals surface area contributed by atoms with Crippen molar-refractivity contribution in [3.05, 3.63) is 33.3 Å². The number of halogens is 2. The minimum absolute atomic E-state index is 0.0619. The first-order valence-electron chi connectivity index (χ1n) is 6.43. The Balaban J connectivity index is 2.04. The summed E-state index contributed by atoms with van der Waals surface area (Å²) in [5.74, 6) is -0.0619. The van der Waals surface area contributed by atoms with Crippen LogP contribution < -0.4 is 5.32 Å². The van der Waals surface area contributed by atoms with E-state index in [9.17, 15) is 4.79 Å². The molecule has 1 aliphatic rings. The van der Waals surface area contributed by atoms with Gasteiger partial charge in [0.1, 0.15) is 0 Å². The zero-order valence-corrected chi connectivity index (χ0v) is 12.6. The molecule has 1 fully saturated rings. The highest BCUT2D eigenvalue weighted by molar-refractivity contribution is 9.10. The zero-order chi connectivity index (χ0) is 13.0. The van der Waals surface area contributed by atoms with Gasteiger partial charge in [-0.25, -0.2) is 0 Å². The smallest absolute Gasteiger partial charge is 0.253 e. The fourth-order valence-corrected chi connectivity index (χ4v) is 2.94. The van der Waals surface area contributed by atoms with Crippen molar-refractivity contribution < 1.29 is 4.79 Å². The van der Waals surface area contributed by atoms with Gasteiger partial charge in [-0.05, 0) is 40.9 Å². The van der Waals surface area contributed by atoms with Crippen molar-refractivity contribution >= 4 is 33.4 Å². The Kier molecular flexibility index (Phi) is 5.07. The first kappa shape index (κ1) is 13.9. The van der Waals surface area contributed by atoms with Crippen LogP contribution in [0.5, 0.6) is 0 Å². The number of benzene rings is 1. The molecule has 2 rings (SSSR count). The fraction of sp³-hybridized carbons (Fsp3) is 0.500. The van der Waals surface area contributed by atoms with Crippen LogP contribution in [0.2, 0.25) is 5.02 Å². The Morgan fingerprint density at radius 1 is 1.22 bits per heavy atom. The number of rotatable bonds is 2. The molecule has 0 atom stereocenters. The molecule has 0 unspecified atom stereocenters. The van der Waals surface area contributed by atoms with Gasteiger partial charge in [0, 0.05) is 10.5 Å². The topological polar surface area (TPSA) is 29.1 Å². The van der Waals surface area contributed by atoms with Crippen LogP contribution in [0, 0.1) is 0 Å². The van der Waals surface area contributed by atoms with Gasteiger partial charge < -0.3 is 5.32 Å². The largest absolute Gasteiger partial charge is 0.349 e. The normalized spacial score (nSPS) is 17.2. The fourth-order valence-electron chi connectivity index (χ4n) is 2.37. The highest BCUT2D eigenvalue weighted by Gasteiger charge is 2.18. The summed E-state index contributed by atoms with van der Waals surface area (Å²) < 4.78 is 0.762. The van der Waals surface area contributed by atoms with Crippen LogP contribution in [0.3, 0.4) is 0 Å². The van der Waals surface area contributed by atoms with Gasteiger partial charge in [-0.15, -0.1) is 0 Å². The average Bonchev–Trinajstić information content (AvgIpc) is 2.61. The molecule has 1 amide bonds. The van der Waals surface area contributed by atoms with E-state index in [1.165, 1.54) is 25.7 Å². The van der Waals surface area contributed by atoms with E-state index in [0.717, 1.165) is 17.3 Å². The lowest BCUT2D eigenvalue weighted by Crippen LogP contribution is -2.34. The quantitative estimate of drug-likeness (QED) is 0.792. The zero-order valence-electron chi connectivity index (χ0n) is 10.2. The molecule has 2 nitrogen and oxygen atoms in total. The Hall–Kier alpha value is -0.540. The summed E-state index contributed by atoms with van der Waals surface area (Å²) in [6, 6.07) is 5.73. The Morgan fingerprint density at radius 3 is 2.56 bits per heavy atom. The minimum Gasteiger partial charge on any atom is -0.349 e. The first-order valence-corrected chi connectivity index (χ1v) is 7.60. The van der Waals surface area contributed by atoms with Crippen molar-refractivity contribution in [3.8, 4) is 0 Å². The van der Waals surface area contributed by atoms with Crippen LogP contribution in [-0.2, 0) is 0 Å². The molecular formula is C14H17BrClNO. The Labute approximate surface area is 121 Å². The predicted molar refractivity (Wildman–Crippen MR) is 78.1 cm³/mol. The van der Waals surface area contributed by atoms with Gasteiger partial charge in [0.05, 0.1) is 10.6 Å². The standard InChI is InChI=1S/C14H17BrClNO/c15-12-9-5-8-11(13(12)16)14(18)17-10-6-3-1-2-4-7-10/h5,8-10H,1-4,6-7H2,(H,17,18). The maximum atomic E-state index is 12.2. The van der Waals surface area contributed by atoms with E-state index < -0.39 is 0 Å². The molecule has 1 aromatic carbocycles. The number of hydrogen-bond donors (Lipinski definition) is 1. The third kappa shape index (κ3) is 3.48. The van der Waals surface area contributed by atoms with E-state index in [0.29, 0.717) is 16.6 Å². The molecular weight excluding hydrogens is 314 g/mol. The monoisotopic (exact) mass is 329 g/mol. The van der Waals surface area contributed by atoms with E-state index in [4.69, 9.17) is 11.6 Å². The lowest BCUT2D eigenvalue weighted by Gasteiger charge is -2.16. The number of hydrogen-bond acceptors (Lipinski definition) is 1. The molecule has 0 saturated heterocycles. The summed E-state index contributed by atoms with van der Waals surface area (Å²) in [6.45, 7) is 0. The molecule has 98 valence electrons. The van der Waals surface area contributed by atoms with Gasteiger partial charge in [0.25, 0.3) is 5.91 Å². The molecule has 0 heterocycles. The van der Waals surface area contributed by atoms with Crippen LogP contribution in [0.25, 0.3) is 0 Å². The van der Waals surface area contributed by atoms with E-state index in [1.807, 2.05) is 12.1 Å². The summed E-state index contributed by atoms with van der Waals surface area (Å²) in [5.41, 5.74) is 0.551. The second-order valence-electron chi connectivity index (χ2n) is 4.76. The Bertz CT molecular complexity index is 428. The molecule has 4 heteroatoms. The van der Waals surface area contributed by atoms with Crippen LogP contribution >= 0.6 is 27.5 Å². The van der Waals surface area contributed by atoms with Crippen LogP contribution in [-0.4, -0.2) is 11.9 Å². The molecule has 0 aliphatic heterocycles. The van der Waals surface area contributed by atoms with Crippen molar-refractivity contribution in [1.82, 2.24) is 5.32 Å². The van der Waals surface area contributed by atoms with Gasteiger partial charge in [-0.3, -0.25) is 4.79 Å². The van der Waals surface area contributed by atoms with E-state index in [1.54, 1.807) is 6.07 Å². The molecule has 1 aromatic rings. The minimum atomic E-state index is -0.0619. The molecule has 1 saturated carbocycles. The molecule has 1 N–H and O–H groups in total. The second kappa shape index (κ2) is 6.58. The van der Waals surface area contributed by atoms with Crippen molar-refractivity contribution in [2.75, 3.05) is 0 Å². The van der Waals surface area contributed by atoms with Gasteiger partial charge in [-0.2, -0.15) is 0 Å². The predicted octanol–water partition coefficient (Wildman–Crippen LogP) is 4.56. The van der Waals surface area contributed by atoms with Gasteiger partial charge in [0.2, 0.25) is 0 Å². The van der Waals surface area contributed by atoms with Crippen molar-refractivity contribution in [3.63, 3.8) is 0 Å². The lowest BCUT2D eigenvalue weighted by atomic mass is 10.1. The summed E-state index contributed by atoms with van der Waals surface area (Å²) in [7, 11) is 0. The van der Waals surface area contributed by atoms with Gasteiger partial charge >= 0.3 is 0 Å². The van der Waals surface area contributed by atoms with Crippen LogP contribution in [0.15, 0.2) is 22.7 Å². The number of carbonyl (C=O) groups is 1.